The number of aryl methyl sites for hydroxylation is 3. The Hall–Kier alpha value is -2.82. The monoisotopic (exact) mass is 352 g/mol. The predicted octanol–water partition coefficient (Wildman–Crippen LogP) is 3.99. The van der Waals surface area contributed by atoms with E-state index in [9.17, 15) is 4.79 Å². The zero-order valence-corrected chi connectivity index (χ0v) is 15.4. The molecule has 0 radical (unpaired) electrons. The number of carboxylic acid groups (broad SMARTS) is 1. The van der Waals surface area contributed by atoms with E-state index in [4.69, 9.17) is 14.8 Å². The lowest BCUT2D eigenvalue weighted by atomic mass is 10.1. The number of imidazole rings is 1. The zero-order chi connectivity index (χ0) is 18.7. The van der Waals surface area contributed by atoms with E-state index >= 15 is 0 Å². The third kappa shape index (κ3) is 3.87. The number of carbonyl (C=O) groups is 1. The summed E-state index contributed by atoms with van der Waals surface area (Å²) in [6.45, 7) is 3.08. The molecule has 136 valence electrons. The molecule has 0 saturated heterocycles. The van der Waals surface area contributed by atoms with Crippen LogP contribution in [0.15, 0.2) is 48.5 Å². The highest BCUT2D eigenvalue weighted by Crippen LogP contribution is 2.20. The van der Waals surface area contributed by atoms with Crippen LogP contribution < -0.4 is 4.74 Å². The smallest absolute Gasteiger partial charge is 0.347 e. The van der Waals surface area contributed by atoms with Gasteiger partial charge in [-0.1, -0.05) is 24.3 Å². The van der Waals surface area contributed by atoms with Crippen molar-refractivity contribution in [2.45, 2.75) is 38.7 Å². The molecule has 3 rings (SSSR count). The molecular formula is C21H24N2O3. The fraction of sp³-hybridized carbons (Fsp3) is 0.333. The van der Waals surface area contributed by atoms with Crippen molar-refractivity contribution in [1.82, 2.24) is 9.55 Å². The SMILES string of the molecule is Cn1c(CCCc2ccc(OC(C)(C)C(=O)O)cc2)nc2ccccc21. The van der Waals surface area contributed by atoms with Gasteiger partial charge in [-0.3, -0.25) is 0 Å². The summed E-state index contributed by atoms with van der Waals surface area (Å²) in [6.07, 6.45) is 2.85. The highest BCUT2D eigenvalue weighted by atomic mass is 16.5. The lowest BCUT2D eigenvalue weighted by molar-refractivity contribution is -0.152. The van der Waals surface area contributed by atoms with Gasteiger partial charge in [0.1, 0.15) is 11.6 Å². The van der Waals surface area contributed by atoms with Gasteiger partial charge in [-0.2, -0.15) is 0 Å². The van der Waals surface area contributed by atoms with Crippen LogP contribution in [-0.2, 0) is 24.7 Å². The normalized spacial score (nSPS) is 11.7. The first kappa shape index (κ1) is 18.0. The van der Waals surface area contributed by atoms with Crippen molar-refractivity contribution in [1.29, 1.82) is 0 Å². The number of benzene rings is 2. The molecule has 0 aliphatic carbocycles. The Morgan fingerprint density at radius 3 is 2.46 bits per heavy atom. The van der Waals surface area contributed by atoms with Crippen molar-refractivity contribution < 1.29 is 14.6 Å². The summed E-state index contributed by atoms with van der Waals surface area (Å²) in [6, 6.07) is 15.8. The first-order valence-corrected chi connectivity index (χ1v) is 8.78. The summed E-state index contributed by atoms with van der Waals surface area (Å²) in [5.41, 5.74) is 2.16. The van der Waals surface area contributed by atoms with E-state index in [2.05, 4.69) is 17.7 Å². The highest BCUT2D eigenvalue weighted by molar-refractivity contribution is 5.77. The van der Waals surface area contributed by atoms with E-state index < -0.39 is 11.6 Å². The largest absolute Gasteiger partial charge is 0.478 e. The topological polar surface area (TPSA) is 64.3 Å². The van der Waals surface area contributed by atoms with Crippen molar-refractivity contribution in [3.63, 3.8) is 0 Å². The van der Waals surface area contributed by atoms with Gasteiger partial charge in [0.15, 0.2) is 5.60 Å². The molecule has 2 aromatic carbocycles. The Labute approximate surface area is 153 Å². The first-order chi connectivity index (χ1) is 12.4. The second kappa shape index (κ2) is 7.20. The summed E-state index contributed by atoms with van der Waals surface area (Å²) in [7, 11) is 2.06. The molecular weight excluding hydrogens is 328 g/mol. The molecule has 1 heterocycles. The van der Waals surface area contributed by atoms with Crippen molar-refractivity contribution in [3.8, 4) is 5.75 Å². The van der Waals surface area contributed by atoms with E-state index in [-0.39, 0.29) is 0 Å². The molecule has 26 heavy (non-hydrogen) atoms. The van der Waals surface area contributed by atoms with Gasteiger partial charge in [0.25, 0.3) is 0 Å². The Morgan fingerprint density at radius 2 is 1.81 bits per heavy atom. The van der Waals surface area contributed by atoms with Gasteiger partial charge >= 0.3 is 5.97 Å². The maximum atomic E-state index is 11.1. The van der Waals surface area contributed by atoms with Crippen molar-refractivity contribution >= 4 is 17.0 Å². The lowest BCUT2D eigenvalue weighted by Crippen LogP contribution is -2.37. The van der Waals surface area contributed by atoms with E-state index in [0.29, 0.717) is 5.75 Å². The number of hydrogen-bond acceptors (Lipinski definition) is 3. The standard InChI is InChI=1S/C21H24N2O3/c1-21(2,20(24)25)26-16-13-11-15(12-14-16)7-6-10-19-22-17-8-4-5-9-18(17)23(19)3/h4-5,8-9,11-14H,6-7,10H2,1-3H3,(H,24,25). The van der Waals surface area contributed by atoms with E-state index in [1.54, 1.807) is 13.8 Å². The molecule has 0 unspecified atom stereocenters. The van der Waals surface area contributed by atoms with Gasteiger partial charge in [0.2, 0.25) is 0 Å². The molecule has 3 aromatic rings. The maximum absolute atomic E-state index is 11.1. The highest BCUT2D eigenvalue weighted by Gasteiger charge is 2.29. The second-order valence-corrected chi connectivity index (χ2v) is 6.99. The molecule has 0 bridgehead atoms. The van der Waals surface area contributed by atoms with E-state index in [0.717, 1.165) is 36.1 Å². The van der Waals surface area contributed by atoms with Crippen molar-refractivity contribution in [2.24, 2.45) is 7.05 Å². The molecule has 0 fully saturated rings. The number of rotatable bonds is 7. The number of aliphatic carboxylic acids is 1. The molecule has 0 aliphatic heterocycles. The minimum absolute atomic E-state index is 0.566. The molecule has 0 amide bonds. The van der Waals surface area contributed by atoms with Crippen LogP contribution in [0.4, 0.5) is 0 Å². The Balaban J connectivity index is 1.58. The number of carboxylic acids is 1. The van der Waals surface area contributed by atoms with Crippen LogP contribution in [-0.4, -0.2) is 26.2 Å². The number of para-hydroxylation sites is 2. The van der Waals surface area contributed by atoms with E-state index in [1.165, 1.54) is 5.56 Å². The van der Waals surface area contributed by atoms with Gasteiger partial charge in [-0.15, -0.1) is 0 Å². The van der Waals surface area contributed by atoms with Crippen LogP contribution in [0.2, 0.25) is 0 Å². The molecule has 0 aliphatic rings. The summed E-state index contributed by atoms with van der Waals surface area (Å²) < 4.78 is 7.68. The third-order valence-electron chi connectivity index (χ3n) is 4.56. The third-order valence-corrected chi connectivity index (χ3v) is 4.56. The summed E-state index contributed by atoms with van der Waals surface area (Å²) in [5.74, 6) is 0.676. The van der Waals surface area contributed by atoms with Crippen molar-refractivity contribution in [3.05, 3.63) is 59.9 Å². The molecule has 5 heteroatoms. The minimum Gasteiger partial charge on any atom is -0.478 e. The molecule has 0 spiro atoms. The van der Waals surface area contributed by atoms with Gasteiger partial charge < -0.3 is 14.4 Å². The molecule has 1 N–H and O–H groups in total. The molecule has 1 aromatic heterocycles. The first-order valence-electron chi connectivity index (χ1n) is 8.78. The lowest BCUT2D eigenvalue weighted by Gasteiger charge is -2.21. The number of fused-ring (bicyclic) bond motifs is 1. The van der Waals surface area contributed by atoms with Crippen LogP contribution in [0.5, 0.6) is 5.75 Å². The fourth-order valence-electron chi connectivity index (χ4n) is 2.93. The quantitative estimate of drug-likeness (QED) is 0.698. The molecule has 5 nitrogen and oxygen atoms in total. The van der Waals surface area contributed by atoms with Crippen molar-refractivity contribution in [2.75, 3.05) is 0 Å². The number of hydrogen-bond donors (Lipinski definition) is 1. The maximum Gasteiger partial charge on any atom is 0.347 e. The van der Waals surface area contributed by atoms with Crippen LogP contribution in [0, 0.1) is 0 Å². The average molecular weight is 352 g/mol. The van der Waals surface area contributed by atoms with Gasteiger partial charge in [0, 0.05) is 13.5 Å². The number of aromatic nitrogens is 2. The minimum atomic E-state index is -1.23. The Kier molecular flexibility index (Phi) is 4.98. The second-order valence-electron chi connectivity index (χ2n) is 6.99. The van der Waals surface area contributed by atoms with Crippen LogP contribution >= 0.6 is 0 Å². The summed E-state index contributed by atoms with van der Waals surface area (Å²) in [4.78, 5) is 15.8. The summed E-state index contributed by atoms with van der Waals surface area (Å²) >= 11 is 0. The Morgan fingerprint density at radius 1 is 1.12 bits per heavy atom. The Bertz CT molecular complexity index is 911. The van der Waals surface area contributed by atoms with Crippen LogP contribution in [0.3, 0.4) is 0 Å². The van der Waals surface area contributed by atoms with Gasteiger partial charge in [0.05, 0.1) is 11.0 Å². The van der Waals surface area contributed by atoms with Gasteiger partial charge in [-0.05, 0) is 56.5 Å². The van der Waals surface area contributed by atoms with Crippen LogP contribution in [0.1, 0.15) is 31.7 Å². The summed E-state index contributed by atoms with van der Waals surface area (Å²) in [5, 5.41) is 9.12. The number of ether oxygens (including phenoxy) is 1. The molecule has 0 saturated carbocycles. The molecule has 0 atom stereocenters. The van der Waals surface area contributed by atoms with Crippen LogP contribution in [0.25, 0.3) is 11.0 Å². The van der Waals surface area contributed by atoms with Gasteiger partial charge in [-0.25, -0.2) is 9.78 Å². The van der Waals surface area contributed by atoms with E-state index in [1.807, 2.05) is 42.5 Å². The number of nitrogens with zero attached hydrogens (tertiary/aromatic N) is 2. The fourth-order valence-corrected chi connectivity index (χ4v) is 2.93. The predicted molar refractivity (Wildman–Crippen MR) is 102 cm³/mol. The zero-order valence-electron chi connectivity index (χ0n) is 15.4. The average Bonchev–Trinajstić information content (AvgIpc) is 2.93.